The number of carboxylic acids is 1. The fourth-order valence-electron chi connectivity index (χ4n) is 2.66. The smallest absolute Gasteiger partial charge is 0.335 e. The van der Waals surface area contributed by atoms with Crippen molar-refractivity contribution in [3.8, 4) is 0 Å². The molecule has 1 heterocycles. The SMILES string of the molecule is CCCn1c(C)cc2cc(C(=O)O)cc(C(C)C)c21. The number of hydrogen-bond donors (Lipinski definition) is 1. The molecule has 0 radical (unpaired) electrons. The van der Waals surface area contributed by atoms with Crippen molar-refractivity contribution in [3.63, 3.8) is 0 Å². The molecule has 2 rings (SSSR count). The zero-order valence-corrected chi connectivity index (χ0v) is 12.0. The van der Waals surface area contributed by atoms with E-state index in [1.807, 2.05) is 6.07 Å². The van der Waals surface area contributed by atoms with Crippen LogP contribution in [-0.2, 0) is 6.54 Å². The van der Waals surface area contributed by atoms with E-state index in [2.05, 4.69) is 38.3 Å². The van der Waals surface area contributed by atoms with Crippen molar-refractivity contribution < 1.29 is 9.90 Å². The standard InChI is InChI=1S/C16H21NO2/c1-5-6-17-11(4)7-12-8-13(16(18)19)9-14(10(2)3)15(12)17/h7-10H,5-6H2,1-4H3,(H,18,19). The lowest BCUT2D eigenvalue weighted by Crippen LogP contribution is -2.04. The van der Waals surface area contributed by atoms with Crippen molar-refractivity contribution in [3.05, 3.63) is 35.0 Å². The summed E-state index contributed by atoms with van der Waals surface area (Å²) in [6.07, 6.45) is 1.07. The van der Waals surface area contributed by atoms with Crippen LogP contribution in [0.3, 0.4) is 0 Å². The van der Waals surface area contributed by atoms with Gasteiger partial charge in [0.05, 0.1) is 11.1 Å². The summed E-state index contributed by atoms with van der Waals surface area (Å²) in [7, 11) is 0. The third kappa shape index (κ3) is 2.37. The van der Waals surface area contributed by atoms with Crippen molar-refractivity contribution in [2.45, 2.75) is 46.6 Å². The van der Waals surface area contributed by atoms with Crippen molar-refractivity contribution >= 4 is 16.9 Å². The maximum Gasteiger partial charge on any atom is 0.335 e. The van der Waals surface area contributed by atoms with Gasteiger partial charge in [-0.25, -0.2) is 4.79 Å². The summed E-state index contributed by atoms with van der Waals surface area (Å²) in [5.74, 6) is -0.545. The van der Waals surface area contributed by atoms with Crippen LogP contribution in [0.1, 0.15) is 54.7 Å². The van der Waals surface area contributed by atoms with E-state index < -0.39 is 5.97 Å². The predicted molar refractivity (Wildman–Crippen MR) is 78.0 cm³/mol. The lowest BCUT2D eigenvalue weighted by atomic mass is 9.97. The highest BCUT2D eigenvalue weighted by Gasteiger charge is 2.16. The Morgan fingerprint density at radius 2 is 2.00 bits per heavy atom. The Hall–Kier alpha value is -1.77. The number of aryl methyl sites for hydroxylation is 2. The average molecular weight is 259 g/mol. The van der Waals surface area contributed by atoms with Crippen molar-refractivity contribution in [1.82, 2.24) is 4.57 Å². The number of aromatic carboxylic acids is 1. The Morgan fingerprint density at radius 3 is 2.53 bits per heavy atom. The van der Waals surface area contributed by atoms with Crippen LogP contribution in [0.5, 0.6) is 0 Å². The summed E-state index contributed by atoms with van der Waals surface area (Å²) < 4.78 is 2.30. The molecule has 2 aromatic rings. The van der Waals surface area contributed by atoms with Gasteiger partial charge < -0.3 is 9.67 Å². The van der Waals surface area contributed by atoms with Gasteiger partial charge >= 0.3 is 5.97 Å². The van der Waals surface area contributed by atoms with Gasteiger partial charge in [0.25, 0.3) is 0 Å². The van der Waals surface area contributed by atoms with E-state index >= 15 is 0 Å². The van der Waals surface area contributed by atoms with Gasteiger partial charge in [0, 0.05) is 17.6 Å². The highest BCUT2D eigenvalue weighted by Crippen LogP contribution is 2.30. The second-order valence-corrected chi connectivity index (χ2v) is 5.40. The predicted octanol–water partition coefficient (Wildman–Crippen LogP) is 4.18. The van der Waals surface area contributed by atoms with Crippen LogP contribution in [0.15, 0.2) is 18.2 Å². The van der Waals surface area contributed by atoms with Gasteiger partial charge in [-0.1, -0.05) is 20.8 Å². The van der Waals surface area contributed by atoms with Gasteiger partial charge in [-0.05, 0) is 43.0 Å². The molecule has 0 bridgehead atoms. The maximum absolute atomic E-state index is 11.2. The van der Waals surface area contributed by atoms with E-state index in [1.54, 1.807) is 6.07 Å². The van der Waals surface area contributed by atoms with Crippen LogP contribution in [-0.4, -0.2) is 15.6 Å². The van der Waals surface area contributed by atoms with Crippen molar-refractivity contribution in [1.29, 1.82) is 0 Å². The molecule has 1 N–H and O–H groups in total. The van der Waals surface area contributed by atoms with Gasteiger partial charge in [0.1, 0.15) is 0 Å². The topological polar surface area (TPSA) is 42.2 Å². The zero-order valence-electron chi connectivity index (χ0n) is 12.0. The van der Waals surface area contributed by atoms with Gasteiger partial charge in [-0.15, -0.1) is 0 Å². The molecule has 3 nitrogen and oxygen atoms in total. The van der Waals surface area contributed by atoms with Gasteiger partial charge in [0.2, 0.25) is 0 Å². The molecule has 0 atom stereocenters. The summed E-state index contributed by atoms with van der Waals surface area (Å²) in [5, 5.41) is 10.3. The van der Waals surface area contributed by atoms with E-state index in [-0.39, 0.29) is 0 Å². The van der Waals surface area contributed by atoms with Crippen LogP contribution in [0.4, 0.5) is 0 Å². The van der Waals surface area contributed by atoms with Crippen LogP contribution < -0.4 is 0 Å². The molecule has 19 heavy (non-hydrogen) atoms. The molecule has 1 aromatic carbocycles. The monoisotopic (exact) mass is 259 g/mol. The fraction of sp³-hybridized carbons (Fsp3) is 0.438. The first-order chi connectivity index (χ1) is 8.95. The number of rotatable bonds is 4. The van der Waals surface area contributed by atoms with Crippen LogP contribution in [0, 0.1) is 6.92 Å². The summed E-state index contributed by atoms with van der Waals surface area (Å²) in [5.41, 5.74) is 3.89. The molecular weight excluding hydrogens is 238 g/mol. The number of carbonyl (C=O) groups is 1. The third-order valence-corrected chi connectivity index (χ3v) is 3.55. The average Bonchev–Trinajstić information content (AvgIpc) is 2.65. The summed E-state index contributed by atoms with van der Waals surface area (Å²) in [6.45, 7) is 9.44. The van der Waals surface area contributed by atoms with E-state index in [0.29, 0.717) is 11.5 Å². The second kappa shape index (κ2) is 5.08. The molecule has 0 fully saturated rings. The number of nitrogens with zero attached hydrogens (tertiary/aromatic N) is 1. The Bertz CT molecular complexity index is 623. The Morgan fingerprint density at radius 1 is 1.32 bits per heavy atom. The van der Waals surface area contributed by atoms with Gasteiger partial charge in [0.15, 0.2) is 0 Å². The fourth-order valence-corrected chi connectivity index (χ4v) is 2.66. The maximum atomic E-state index is 11.2. The summed E-state index contributed by atoms with van der Waals surface area (Å²) in [4.78, 5) is 11.2. The van der Waals surface area contributed by atoms with E-state index in [1.165, 1.54) is 11.2 Å². The number of fused-ring (bicyclic) bond motifs is 1. The first-order valence-corrected chi connectivity index (χ1v) is 6.82. The van der Waals surface area contributed by atoms with E-state index in [4.69, 9.17) is 0 Å². The third-order valence-electron chi connectivity index (χ3n) is 3.55. The van der Waals surface area contributed by atoms with E-state index in [9.17, 15) is 9.90 Å². The molecule has 0 saturated carbocycles. The number of aromatic nitrogens is 1. The quantitative estimate of drug-likeness (QED) is 0.895. The second-order valence-electron chi connectivity index (χ2n) is 5.40. The number of carboxylic acid groups (broad SMARTS) is 1. The largest absolute Gasteiger partial charge is 0.478 e. The minimum Gasteiger partial charge on any atom is -0.478 e. The van der Waals surface area contributed by atoms with Gasteiger partial charge in [-0.2, -0.15) is 0 Å². The molecular formula is C16H21NO2. The number of hydrogen-bond acceptors (Lipinski definition) is 1. The van der Waals surface area contributed by atoms with Crippen LogP contribution in [0.25, 0.3) is 10.9 Å². The molecule has 0 amide bonds. The molecule has 0 unspecified atom stereocenters. The molecule has 0 spiro atoms. The first-order valence-electron chi connectivity index (χ1n) is 6.82. The Balaban J connectivity index is 2.79. The molecule has 102 valence electrons. The molecule has 3 heteroatoms. The molecule has 0 aliphatic heterocycles. The van der Waals surface area contributed by atoms with Gasteiger partial charge in [-0.3, -0.25) is 0 Å². The lowest BCUT2D eigenvalue weighted by Gasteiger charge is -2.14. The number of benzene rings is 1. The lowest BCUT2D eigenvalue weighted by molar-refractivity contribution is 0.0697. The highest BCUT2D eigenvalue weighted by molar-refractivity contribution is 5.95. The Kier molecular flexibility index (Phi) is 3.65. The molecule has 0 aliphatic carbocycles. The zero-order chi connectivity index (χ0) is 14.2. The first kappa shape index (κ1) is 13.7. The van der Waals surface area contributed by atoms with Crippen LogP contribution >= 0.6 is 0 Å². The Labute approximate surface area is 113 Å². The highest BCUT2D eigenvalue weighted by atomic mass is 16.4. The van der Waals surface area contributed by atoms with Crippen LogP contribution in [0.2, 0.25) is 0 Å². The minimum atomic E-state index is -0.857. The minimum absolute atomic E-state index is 0.312. The molecule has 0 aliphatic rings. The van der Waals surface area contributed by atoms with E-state index in [0.717, 1.165) is 23.9 Å². The summed E-state index contributed by atoms with van der Waals surface area (Å²) in [6, 6.07) is 5.69. The molecule has 1 aromatic heterocycles. The normalized spacial score (nSPS) is 11.4. The van der Waals surface area contributed by atoms with Crippen molar-refractivity contribution in [2.75, 3.05) is 0 Å². The van der Waals surface area contributed by atoms with Crippen molar-refractivity contribution in [2.24, 2.45) is 0 Å². The molecule has 0 saturated heterocycles. The summed E-state index contributed by atoms with van der Waals surface area (Å²) >= 11 is 0.